The molecule has 0 saturated heterocycles. The molecular weight excluding hydrogens is 256 g/mol. The van der Waals surface area contributed by atoms with Crippen molar-refractivity contribution in [2.45, 2.75) is 19.4 Å². The summed E-state index contributed by atoms with van der Waals surface area (Å²) in [4.78, 5) is 34.4. The molecule has 1 atom stereocenters. The molecule has 0 aliphatic rings. The number of rotatable bonds is 6. The third-order valence-corrected chi connectivity index (χ3v) is 2.97. The zero-order chi connectivity index (χ0) is 14.1. The number of aliphatic carboxylic acids is 1. The molecule has 0 aliphatic carbocycles. The van der Waals surface area contributed by atoms with Gasteiger partial charge in [-0.15, -0.1) is 0 Å². The second kappa shape index (κ2) is 8.57. The Hall–Kier alpha value is -1.50. The largest absolute Gasteiger partial charge is 0.478 e. The lowest BCUT2D eigenvalue weighted by Gasteiger charge is -2.24. The van der Waals surface area contributed by atoms with Gasteiger partial charge in [-0.1, -0.05) is 0 Å². The molecule has 0 radical (unpaired) electrons. The van der Waals surface area contributed by atoms with Crippen molar-refractivity contribution in [1.29, 1.82) is 0 Å². The van der Waals surface area contributed by atoms with Crippen LogP contribution in [0.3, 0.4) is 0 Å². The van der Waals surface area contributed by atoms with Gasteiger partial charge in [0.1, 0.15) is 0 Å². The van der Waals surface area contributed by atoms with E-state index in [0.717, 1.165) is 18.2 Å². The maximum Gasteiger partial charge on any atom is 0.328 e. The molecular formula is C11H18N2O4S. The van der Waals surface area contributed by atoms with Gasteiger partial charge in [-0.05, 0) is 25.4 Å². The van der Waals surface area contributed by atoms with Gasteiger partial charge < -0.3 is 10.0 Å². The number of carbonyl (C=O) groups excluding carboxylic acids is 2. The zero-order valence-electron chi connectivity index (χ0n) is 10.7. The van der Waals surface area contributed by atoms with E-state index in [9.17, 15) is 14.4 Å². The number of amides is 3. The summed E-state index contributed by atoms with van der Waals surface area (Å²) in [6, 6.07) is -0.530. The molecule has 3 amide bonds. The smallest absolute Gasteiger partial charge is 0.328 e. The highest BCUT2D eigenvalue weighted by Crippen LogP contribution is 2.05. The highest BCUT2D eigenvalue weighted by molar-refractivity contribution is 7.98. The molecule has 18 heavy (non-hydrogen) atoms. The van der Waals surface area contributed by atoms with E-state index < -0.39 is 17.9 Å². The van der Waals surface area contributed by atoms with Gasteiger partial charge in [0.2, 0.25) is 0 Å². The third kappa shape index (κ3) is 6.95. The summed E-state index contributed by atoms with van der Waals surface area (Å²) >= 11 is 1.68. The molecule has 0 fully saturated rings. The topological polar surface area (TPSA) is 86.7 Å². The SMILES string of the molecule is CSCCC(C)N(C)C(=O)NC(=O)/C=C/C(=O)O. The molecule has 0 aromatic heterocycles. The number of carboxylic acids is 1. The molecule has 0 spiro atoms. The Morgan fingerprint density at radius 2 is 2.00 bits per heavy atom. The number of thioether (sulfide) groups is 1. The van der Waals surface area contributed by atoms with Gasteiger partial charge in [-0.3, -0.25) is 10.1 Å². The summed E-state index contributed by atoms with van der Waals surface area (Å²) in [5, 5.41) is 10.4. The number of carbonyl (C=O) groups is 3. The number of hydrogen-bond donors (Lipinski definition) is 2. The van der Waals surface area contributed by atoms with Crippen LogP contribution in [0.1, 0.15) is 13.3 Å². The van der Waals surface area contributed by atoms with Gasteiger partial charge in [0.15, 0.2) is 0 Å². The third-order valence-electron chi connectivity index (χ3n) is 2.33. The van der Waals surface area contributed by atoms with E-state index in [4.69, 9.17) is 5.11 Å². The molecule has 0 saturated carbocycles. The van der Waals surface area contributed by atoms with E-state index in [1.54, 1.807) is 18.8 Å². The number of urea groups is 1. The first-order chi connectivity index (χ1) is 8.38. The maximum absolute atomic E-state index is 11.6. The predicted octanol–water partition coefficient (Wildman–Crippen LogP) is 0.937. The minimum Gasteiger partial charge on any atom is -0.478 e. The number of nitrogens with one attached hydrogen (secondary N) is 1. The van der Waals surface area contributed by atoms with Gasteiger partial charge in [-0.25, -0.2) is 9.59 Å². The Balaban J connectivity index is 4.22. The van der Waals surface area contributed by atoms with Crippen LogP contribution in [0.5, 0.6) is 0 Å². The molecule has 102 valence electrons. The summed E-state index contributed by atoms with van der Waals surface area (Å²) in [7, 11) is 1.59. The van der Waals surface area contributed by atoms with Crippen LogP contribution >= 0.6 is 11.8 Å². The molecule has 6 nitrogen and oxygen atoms in total. The summed E-state index contributed by atoms with van der Waals surface area (Å²) < 4.78 is 0. The highest BCUT2D eigenvalue weighted by Gasteiger charge is 2.16. The van der Waals surface area contributed by atoms with E-state index in [1.165, 1.54) is 4.90 Å². The summed E-state index contributed by atoms with van der Waals surface area (Å²) in [6.45, 7) is 1.88. The lowest BCUT2D eigenvalue weighted by Crippen LogP contribution is -2.44. The van der Waals surface area contributed by atoms with Gasteiger partial charge in [0.05, 0.1) is 0 Å². The molecule has 2 N–H and O–H groups in total. The van der Waals surface area contributed by atoms with Crippen molar-refractivity contribution >= 4 is 29.7 Å². The number of nitrogens with zero attached hydrogens (tertiary/aromatic N) is 1. The summed E-state index contributed by atoms with van der Waals surface area (Å²) in [5.74, 6) is -1.06. The highest BCUT2D eigenvalue weighted by atomic mass is 32.2. The summed E-state index contributed by atoms with van der Waals surface area (Å²) in [5.41, 5.74) is 0. The molecule has 0 aromatic carbocycles. The maximum atomic E-state index is 11.6. The Morgan fingerprint density at radius 3 is 2.50 bits per heavy atom. The second-order valence-corrected chi connectivity index (χ2v) is 4.69. The van der Waals surface area contributed by atoms with Crippen LogP contribution in [0.2, 0.25) is 0 Å². The Morgan fingerprint density at radius 1 is 1.39 bits per heavy atom. The fourth-order valence-corrected chi connectivity index (χ4v) is 1.64. The monoisotopic (exact) mass is 274 g/mol. The number of hydrogen-bond acceptors (Lipinski definition) is 4. The minimum absolute atomic E-state index is 0.00806. The molecule has 1 unspecified atom stereocenters. The van der Waals surface area contributed by atoms with Crippen molar-refractivity contribution in [2.75, 3.05) is 19.1 Å². The van der Waals surface area contributed by atoms with Gasteiger partial charge >= 0.3 is 12.0 Å². The Kier molecular flexibility index (Phi) is 7.86. The van der Waals surface area contributed by atoms with Crippen molar-refractivity contribution < 1.29 is 19.5 Å². The first kappa shape index (κ1) is 16.5. The molecule has 7 heteroatoms. The predicted molar refractivity (Wildman–Crippen MR) is 70.5 cm³/mol. The van der Waals surface area contributed by atoms with E-state index >= 15 is 0 Å². The Bertz CT molecular complexity index is 344. The van der Waals surface area contributed by atoms with Crippen LogP contribution in [0.15, 0.2) is 12.2 Å². The standard InChI is InChI=1S/C11H18N2O4S/c1-8(6-7-18-3)13(2)11(17)12-9(14)4-5-10(15)16/h4-5,8H,6-7H2,1-3H3,(H,15,16)(H,12,14,17)/b5-4+. The van der Waals surface area contributed by atoms with Gasteiger partial charge in [0, 0.05) is 25.2 Å². The molecule has 0 rings (SSSR count). The van der Waals surface area contributed by atoms with Crippen LogP contribution in [0.25, 0.3) is 0 Å². The van der Waals surface area contributed by atoms with Crippen LogP contribution in [0.4, 0.5) is 4.79 Å². The lowest BCUT2D eigenvalue weighted by atomic mass is 10.2. The van der Waals surface area contributed by atoms with Crippen molar-refractivity contribution in [3.63, 3.8) is 0 Å². The normalized spacial score (nSPS) is 12.2. The van der Waals surface area contributed by atoms with E-state index in [1.807, 2.05) is 13.2 Å². The van der Waals surface area contributed by atoms with Crippen LogP contribution in [-0.4, -0.2) is 53.0 Å². The van der Waals surface area contributed by atoms with E-state index in [0.29, 0.717) is 6.08 Å². The average Bonchev–Trinajstić information content (AvgIpc) is 2.32. The number of imide groups is 1. The first-order valence-corrected chi connectivity index (χ1v) is 6.75. The fourth-order valence-electron chi connectivity index (χ4n) is 1.06. The molecule has 0 aromatic rings. The lowest BCUT2D eigenvalue weighted by molar-refractivity contribution is -0.131. The second-order valence-electron chi connectivity index (χ2n) is 3.71. The quantitative estimate of drug-likeness (QED) is 0.704. The van der Waals surface area contributed by atoms with Crippen molar-refractivity contribution in [3.05, 3.63) is 12.2 Å². The van der Waals surface area contributed by atoms with Crippen LogP contribution < -0.4 is 5.32 Å². The minimum atomic E-state index is -1.24. The average molecular weight is 274 g/mol. The molecule has 0 bridgehead atoms. The van der Waals surface area contributed by atoms with Crippen molar-refractivity contribution in [3.8, 4) is 0 Å². The van der Waals surface area contributed by atoms with E-state index in [2.05, 4.69) is 5.32 Å². The van der Waals surface area contributed by atoms with Crippen LogP contribution in [0, 0.1) is 0 Å². The zero-order valence-corrected chi connectivity index (χ0v) is 11.5. The van der Waals surface area contributed by atoms with Crippen molar-refractivity contribution in [1.82, 2.24) is 10.2 Å². The van der Waals surface area contributed by atoms with Gasteiger partial charge in [0.25, 0.3) is 5.91 Å². The van der Waals surface area contributed by atoms with Crippen molar-refractivity contribution in [2.24, 2.45) is 0 Å². The van der Waals surface area contributed by atoms with Crippen LogP contribution in [-0.2, 0) is 9.59 Å². The molecule has 0 aliphatic heterocycles. The van der Waals surface area contributed by atoms with E-state index in [-0.39, 0.29) is 6.04 Å². The van der Waals surface area contributed by atoms with Gasteiger partial charge in [-0.2, -0.15) is 11.8 Å². The molecule has 0 heterocycles. The summed E-state index contributed by atoms with van der Waals surface area (Å²) in [6.07, 6.45) is 4.29. The fraction of sp³-hybridized carbons (Fsp3) is 0.545. The number of carboxylic acid groups (broad SMARTS) is 1. The first-order valence-electron chi connectivity index (χ1n) is 5.36. The Labute approximate surface area is 110 Å².